The van der Waals surface area contributed by atoms with Crippen molar-refractivity contribution in [3.63, 3.8) is 0 Å². The van der Waals surface area contributed by atoms with Gasteiger partial charge in [-0.2, -0.15) is 0 Å². The molecule has 1 rings (SSSR count). The van der Waals surface area contributed by atoms with Gasteiger partial charge in [0.05, 0.1) is 5.41 Å². The van der Waals surface area contributed by atoms with Crippen molar-refractivity contribution in [1.29, 1.82) is 0 Å². The highest BCUT2D eigenvalue weighted by Crippen LogP contribution is 2.27. The predicted molar refractivity (Wildman–Crippen MR) is 67.8 cm³/mol. The zero-order valence-corrected chi connectivity index (χ0v) is 11.1. The highest BCUT2D eigenvalue weighted by atomic mass is 16.5. The van der Waals surface area contributed by atoms with Gasteiger partial charge in [-0.1, -0.05) is 6.92 Å². The van der Waals surface area contributed by atoms with Gasteiger partial charge in [0.2, 0.25) is 0 Å². The van der Waals surface area contributed by atoms with Crippen molar-refractivity contribution in [2.24, 2.45) is 5.41 Å². The van der Waals surface area contributed by atoms with Crippen LogP contribution in [-0.4, -0.2) is 16.9 Å². The fourth-order valence-corrected chi connectivity index (χ4v) is 1.24. The van der Waals surface area contributed by atoms with E-state index in [1.54, 1.807) is 13.8 Å². The van der Waals surface area contributed by atoms with Crippen LogP contribution in [0, 0.1) is 5.41 Å². The van der Waals surface area contributed by atoms with Crippen LogP contribution in [0.3, 0.4) is 0 Å². The minimum absolute atomic E-state index is 0.0974. The summed E-state index contributed by atoms with van der Waals surface area (Å²) < 4.78 is 5.19. The molecule has 0 heterocycles. The fraction of sp³-hybridized carbons (Fsp3) is 0.429. The largest absolute Gasteiger partial charge is 0.508 e. The van der Waals surface area contributed by atoms with E-state index in [0.29, 0.717) is 12.0 Å². The number of phenolic OH excluding ortho intramolecular Hbond substituents is 1. The normalized spacial score (nSPS) is 11.1. The number of phenols is 1. The van der Waals surface area contributed by atoms with Crippen molar-refractivity contribution >= 4 is 11.8 Å². The number of esters is 1. The highest BCUT2D eigenvalue weighted by molar-refractivity contribution is 5.95. The zero-order valence-electron chi connectivity index (χ0n) is 11.1. The Labute approximate surface area is 107 Å². The number of ether oxygens (including phenoxy) is 1. The number of rotatable bonds is 4. The van der Waals surface area contributed by atoms with E-state index in [1.807, 2.05) is 6.92 Å². The van der Waals surface area contributed by atoms with Crippen LogP contribution in [-0.2, 0) is 4.79 Å². The lowest BCUT2D eigenvalue weighted by Crippen LogP contribution is -2.28. The van der Waals surface area contributed by atoms with Crippen molar-refractivity contribution in [3.05, 3.63) is 23.8 Å². The van der Waals surface area contributed by atoms with Crippen LogP contribution in [0.15, 0.2) is 18.2 Å². The summed E-state index contributed by atoms with van der Waals surface area (Å²) in [5.41, 5.74) is -0.283. The summed E-state index contributed by atoms with van der Waals surface area (Å²) in [7, 11) is 0. The van der Waals surface area contributed by atoms with Gasteiger partial charge in [0.1, 0.15) is 11.5 Å². The maximum atomic E-state index is 11.9. The molecule has 0 spiro atoms. The molecule has 98 valence electrons. The molecule has 0 aliphatic rings. The van der Waals surface area contributed by atoms with Crippen molar-refractivity contribution in [1.82, 2.24) is 0 Å². The van der Waals surface area contributed by atoms with Crippen LogP contribution in [0.25, 0.3) is 0 Å². The summed E-state index contributed by atoms with van der Waals surface area (Å²) in [6.07, 6.45) is 0.643. The molecule has 0 atom stereocenters. The first-order valence-corrected chi connectivity index (χ1v) is 5.83. The van der Waals surface area contributed by atoms with Crippen molar-refractivity contribution in [2.45, 2.75) is 34.1 Å². The number of hydrogen-bond donors (Lipinski definition) is 1. The fourth-order valence-electron chi connectivity index (χ4n) is 1.24. The second-order valence-electron chi connectivity index (χ2n) is 4.90. The molecule has 0 saturated heterocycles. The second kappa shape index (κ2) is 5.21. The molecule has 1 N–H and O–H groups in total. The number of Topliss-reactive ketones (excluding diaryl/α,β-unsaturated/α-hetero) is 1. The lowest BCUT2D eigenvalue weighted by molar-refractivity contribution is -0.144. The molecular weight excluding hydrogens is 232 g/mol. The summed E-state index contributed by atoms with van der Waals surface area (Å²) in [5, 5.41) is 9.47. The molecule has 0 radical (unpaired) electrons. The van der Waals surface area contributed by atoms with Gasteiger partial charge in [-0.3, -0.25) is 9.59 Å². The summed E-state index contributed by atoms with van der Waals surface area (Å²) in [6, 6.07) is 4.10. The van der Waals surface area contributed by atoms with Crippen LogP contribution in [0.1, 0.15) is 44.5 Å². The number of hydrogen-bond acceptors (Lipinski definition) is 4. The van der Waals surface area contributed by atoms with Gasteiger partial charge in [0.25, 0.3) is 0 Å². The number of ketones is 1. The number of aromatic hydroxyl groups is 1. The topological polar surface area (TPSA) is 63.6 Å². The predicted octanol–water partition coefficient (Wildman–Crippen LogP) is 2.94. The molecule has 0 fully saturated rings. The summed E-state index contributed by atoms with van der Waals surface area (Å²) >= 11 is 0. The average molecular weight is 250 g/mol. The van der Waals surface area contributed by atoms with E-state index < -0.39 is 5.41 Å². The van der Waals surface area contributed by atoms with Crippen LogP contribution in [0.5, 0.6) is 11.5 Å². The molecule has 0 aromatic heterocycles. The Hall–Kier alpha value is -1.84. The molecule has 4 nitrogen and oxygen atoms in total. The Balaban J connectivity index is 2.98. The molecule has 1 aromatic rings. The lowest BCUT2D eigenvalue weighted by atomic mass is 9.91. The molecule has 0 amide bonds. The van der Waals surface area contributed by atoms with E-state index in [9.17, 15) is 14.7 Å². The maximum Gasteiger partial charge on any atom is 0.316 e. The van der Waals surface area contributed by atoms with Crippen LogP contribution >= 0.6 is 0 Å². The summed E-state index contributed by atoms with van der Waals surface area (Å²) in [4.78, 5) is 23.1. The molecule has 0 saturated carbocycles. The molecule has 0 unspecified atom stereocenters. The van der Waals surface area contributed by atoms with Gasteiger partial charge in [0.15, 0.2) is 5.78 Å². The van der Waals surface area contributed by atoms with Crippen LogP contribution in [0.2, 0.25) is 0 Å². The van der Waals surface area contributed by atoms with E-state index in [-0.39, 0.29) is 23.3 Å². The second-order valence-corrected chi connectivity index (χ2v) is 4.90. The highest BCUT2D eigenvalue weighted by Gasteiger charge is 2.27. The van der Waals surface area contributed by atoms with Crippen molar-refractivity contribution in [3.8, 4) is 11.5 Å². The molecule has 1 aromatic carbocycles. The summed E-state index contributed by atoms with van der Waals surface area (Å²) in [6.45, 7) is 6.84. The van der Waals surface area contributed by atoms with Gasteiger partial charge in [0, 0.05) is 11.6 Å². The lowest BCUT2D eigenvalue weighted by Gasteiger charge is -2.20. The van der Waals surface area contributed by atoms with Gasteiger partial charge in [-0.15, -0.1) is 0 Å². The third-order valence-electron chi connectivity index (χ3n) is 2.94. The monoisotopic (exact) mass is 250 g/mol. The SMILES string of the molecule is CCC(C)(C)C(=O)Oc1cc(O)cc(C(C)=O)c1. The molecule has 0 aliphatic heterocycles. The Bertz CT molecular complexity index is 475. The van der Waals surface area contributed by atoms with Gasteiger partial charge in [-0.05, 0) is 39.3 Å². The minimum Gasteiger partial charge on any atom is -0.508 e. The maximum absolute atomic E-state index is 11.9. The summed E-state index contributed by atoms with van der Waals surface area (Å²) in [5.74, 6) is -0.491. The van der Waals surface area contributed by atoms with Crippen molar-refractivity contribution in [2.75, 3.05) is 0 Å². The first-order valence-electron chi connectivity index (χ1n) is 5.83. The van der Waals surface area contributed by atoms with E-state index in [0.717, 1.165) is 0 Å². The molecule has 0 aliphatic carbocycles. The van der Waals surface area contributed by atoms with Crippen LogP contribution < -0.4 is 4.74 Å². The van der Waals surface area contributed by atoms with E-state index >= 15 is 0 Å². The third kappa shape index (κ3) is 3.32. The molecule has 4 heteroatoms. The van der Waals surface area contributed by atoms with Gasteiger partial charge in [-0.25, -0.2) is 0 Å². The average Bonchev–Trinajstić information content (AvgIpc) is 2.28. The van der Waals surface area contributed by atoms with E-state index in [4.69, 9.17) is 4.74 Å². The Kier molecular flexibility index (Phi) is 4.11. The third-order valence-corrected chi connectivity index (χ3v) is 2.94. The minimum atomic E-state index is -0.595. The van der Waals surface area contributed by atoms with E-state index in [2.05, 4.69) is 0 Å². The quantitative estimate of drug-likeness (QED) is 0.507. The Morgan fingerprint density at radius 2 is 1.89 bits per heavy atom. The van der Waals surface area contributed by atoms with Gasteiger partial charge >= 0.3 is 5.97 Å². The first kappa shape index (κ1) is 14.2. The standard InChI is InChI=1S/C14H18O4/c1-5-14(3,4)13(17)18-12-7-10(9(2)15)6-11(16)8-12/h6-8,16H,5H2,1-4H3. The van der Waals surface area contributed by atoms with Crippen molar-refractivity contribution < 1.29 is 19.4 Å². The molecule has 0 bridgehead atoms. The van der Waals surface area contributed by atoms with Crippen LogP contribution in [0.4, 0.5) is 0 Å². The number of carbonyl (C=O) groups is 2. The Morgan fingerprint density at radius 3 is 2.39 bits per heavy atom. The number of benzene rings is 1. The smallest absolute Gasteiger partial charge is 0.316 e. The zero-order chi connectivity index (χ0) is 13.9. The van der Waals surface area contributed by atoms with E-state index in [1.165, 1.54) is 25.1 Å². The Morgan fingerprint density at radius 1 is 1.28 bits per heavy atom. The van der Waals surface area contributed by atoms with Gasteiger partial charge < -0.3 is 9.84 Å². The first-order chi connectivity index (χ1) is 8.26. The number of carbonyl (C=O) groups excluding carboxylic acids is 2. The molecular formula is C14H18O4. The molecule has 18 heavy (non-hydrogen) atoms.